The number of amides is 1. The van der Waals surface area contributed by atoms with Gasteiger partial charge in [-0.1, -0.05) is 30.3 Å². The van der Waals surface area contributed by atoms with Crippen LogP contribution in [0, 0.1) is 11.3 Å². The monoisotopic (exact) mass is 459 g/mol. The first-order chi connectivity index (χ1) is 15.8. The Hall–Kier alpha value is -4.09. The summed E-state index contributed by atoms with van der Waals surface area (Å²) in [4.78, 5) is 13.0. The van der Waals surface area contributed by atoms with Crippen LogP contribution in [0.15, 0.2) is 83.8 Å². The highest BCUT2D eigenvalue weighted by Gasteiger charge is 2.25. The van der Waals surface area contributed by atoms with Gasteiger partial charge in [0.1, 0.15) is 23.3 Å². The molecule has 0 saturated carbocycles. The molecule has 8 heteroatoms. The second-order valence-electron chi connectivity index (χ2n) is 7.43. The number of fused-ring (bicyclic) bond motifs is 1. The van der Waals surface area contributed by atoms with Crippen molar-refractivity contribution in [2.45, 2.75) is 18.4 Å². The first-order valence-corrected chi connectivity index (χ1v) is 11.6. The molecule has 33 heavy (non-hydrogen) atoms. The van der Waals surface area contributed by atoms with Gasteiger partial charge in [-0.2, -0.15) is 5.26 Å². The van der Waals surface area contributed by atoms with E-state index in [-0.39, 0.29) is 23.0 Å². The molecule has 1 aromatic heterocycles. The highest BCUT2D eigenvalue weighted by Crippen LogP contribution is 2.28. The molecule has 0 N–H and O–H groups in total. The van der Waals surface area contributed by atoms with Crippen LogP contribution < -0.4 is 9.64 Å². The van der Waals surface area contributed by atoms with Crippen molar-refractivity contribution >= 4 is 32.5 Å². The maximum atomic E-state index is 13.6. The molecule has 0 saturated heterocycles. The Morgan fingerprint density at radius 2 is 1.70 bits per heavy atom. The lowest BCUT2D eigenvalue weighted by atomic mass is 10.2. The molecule has 0 aliphatic carbocycles. The van der Waals surface area contributed by atoms with E-state index in [0.717, 1.165) is 11.1 Å². The summed E-state index contributed by atoms with van der Waals surface area (Å²) in [5.74, 6) is 0.443. The van der Waals surface area contributed by atoms with Gasteiger partial charge in [0.25, 0.3) is 10.0 Å². The third-order valence-electron chi connectivity index (χ3n) is 5.35. The number of nitriles is 1. The van der Waals surface area contributed by atoms with Crippen molar-refractivity contribution in [1.29, 1.82) is 5.26 Å². The Morgan fingerprint density at radius 1 is 1.03 bits per heavy atom. The van der Waals surface area contributed by atoms with E-state index < -0.39 is 10.0 Å². The van der Waals surface area contributed by atoms with Crippen molar-refractivity contribution in [2.24, 2.45) is 0 Å². The topological polar surface area (TPSA) is 92.4 Å². The predicted octanol–water partition coefficient (Wildman–Crippen LogP) is 4.31. The van der Waals surface area contributed by atoms with Gasteiger partial charge in [-0.25, -0.2) is 12.4 Å². The Labute approximate surface area is 192 Å². The van der Waals surface area contributed by atoms with Gasteiger partial charge in [-0.05, 0) is 48.5 Å². The van der Waals surface area contributed by atoms with Crippen molar-refractivity contribution in [3.63, 3.8) is 0 Å². The minimum Gasteiger partial charge on any atom is -0.487 e. The van der Waals surface area contributed by atoms with Crippen molar-refractivity contribution < 1.29 is 17.9 Å². The molecule has 0 aliphatic rings. The molecule has 0 atom stereocenters. The maximum Gasteiger partial charge on any atom is 0.269 e. The summed E-state index contributed by atoms with van der Waals surface area (Å²) in [6.07, 6.45) is 0. The van der Waals surface area contributed by atoms with Crippen LogP contribution in [0.5, 0.6) is 5.75 Å². The number of rotatable bonds is 6. The molecule has 0 radical (unpaired) electrons. The molecule has 3 aromatic carbocycles. The smallest absolute Gasteiger partial charge is 0.269 e. The zero-order valence-electron chi connectivity index (χ0n) is 18.1. The number of benzene rings is 3. The van der Waals surface area contributed by atoms with Crippen molar-refractivity contribution in [3.8, 4) is 11.8 Å². The molecule has 0 unspecified atom stereocenters. The number of carbonyl (C=O) groups is 1. The van der Waals surface area contributed by atoms with E-state index in [0.29, 0.717) is 17.0 Å². The summed E-state index contributed by atoms with van der Waals surface area (Å²) >= 11 is 0. The number of anilines is 1. The highest BCUT2D eigenvalue weighted by atomic mass is 32.2. The maximum absolute atomic E-state index is 13.6. The zero-order valence-corrected chi connectivity index (χ0v) is 18.9. The Bertz CT molecular complexity index is 1480. The molecule has 0 bridgehead atoms. The minimum absolute atomic E-state index is 0.00940. The lowest BCUT2D eigenvalue weighted by Gasteiger charge is -2.16. The van der Waals surface area contributed by atoms with Gasteiger partial charge in [-0.3, -0.25) is 4.79 Å². The second kappa shape index (κ2) is 8.81. The number of hydrogen-bond acceptors (Lipinski definition) is 5. The van der Waals surface area contributed by atoms with Gasteiger partial charge >= 0.3 is 0 Å². The highest BCUT2D eigenvalue weighted by molar-refractivity contribution is 7.90. The number of hydrogen-bond donors (Lipinski definition) is 0. The number of ether oxygens (including phenoxy) is 1. The molecular weight excluding hydrogens is 438 g/mol. The van der Waals surface area contributed by atoms with E-state index in [1.54, 1.807) is 61.6 Å². The molecule has 4 aromatic rings. The quantitative estimate of drug-likeness (QED) is 0.428. The predicted molar refractivity (Wildman–Crippen MR) is 126 cm³/mol. The zero-order chi connectivity index (χ0) is 23.6. The molecule has 1 heterocycles. The van der Waals surface area contributed by atoms with Crippen LogP contribution in [0.2, 0.25) is 0 Å². The fourth-order valence-electron chi connectivity index (χ4n) is 3.56. The van der Waals surface area contributed by atoms with Crippen LogP contribution in [0.3, 0.4) is 0 Å². The van der Waals surface area contributed by atoms with Crippen LogP contribution in [-0.4, -0.2) is 25.3 Å². The van der Waals surface area contributed by atoms with Crippen LogP contribution in [-0.2, 0) is 21.4 Å². The molecule has 1 amide bonds. The summed E-state index contributed by atoms with van der Waals surface area (Å²) in [5.41, 5.74) is 1.73. The van der Waals surface area contributed by atoms with Gasteiger partial charge in [-0.15, -0.1) is 0 Å². The first kappa shape index (κ1) is 22.1. The number of para-hydroxylation sites is 1. The Morgan fingerprint density at radius 3 is 2.39 bits per heavy atom. The van der Waals surface area contributed by atoms with Crippen molar-refractivity contribution in [1.82, 2.24) is 3.97 Å². The van der Waals surface area contributed by atoms with Gasteiger partial charge in [0, 0.05) is 25.0 Å². The second-order valence-corrected chi connectivity index (χ2v) is 9.19. The number of carbonyl (C=O) groups excluding carboxylic acids is 1. The standard InChI is InChI=1S/C25H21N3O4S/c1-18(29)27(2)21-11-13-23(14-12-21)32-17-22-15-19-7-3-5-9-24(19)28(22)33(30,31)25-10-6-4-8-20(25)16-26/h3-15H,17H2,1-2H3. The fourth-order valence-corrected chi connectivity index (χ4v) is 5.24. The van der Waals surface area contributed by atoms with Crippen LogP contribution in [0.4, 0.5) is 5.69 Å². The summed E-state index contributed by atoms with van der Waals surface area (Å²) in [6, 6.07) is 24.0. The summed E-state index contributed by atoms with van der Waals surface area (Å²) < 4.78 is 34.4. The van der Waals surface area contributed by atoms with Crippen LogP contribution in [0.1, 0.15) is 18.2 Å². The van der Waals surface area contributed by atoms with E-state index in [1.165, 1.54) is 27.9 Å². The van der Waals surface area contributed by atoms with Crippen LogP contribution >= 0.6 is 0 Å². The molecule has 7 nitrogen and oxygen atoms in total. The van der Waals surface area contributed by atoms with E-state index in [9.17, 15) is 18.5 Å². The molecule has 4 rings (SSSR count). The molecule has 0 aliphatic heterocycles. The average molecular weight is 460 g/mol. The average Bonchev–Trinajstić information content (AvgIpc) is 3.21. The van der Waals surface area contributed by atoms with E-state index in [1.807, 2.05) is 18.2 Å². The van der Waals surface area contributed by atoms with E-state index >= 15 is 0 Å². The minimum atomic E-state index is -4.06. The van der Waals surface area contributed by atoms with Gasteiger partial charge in [0.05, 0.1) is 16.8 Å². The van der Waals surface area contributed by atoms with E-state index in [4.69, 9.17) is 4.74 Å². The summed E-state index contributed by atoms with van der Waals surface area (Å²) in [7, 11) is -2.38. The molecule has 0 spiro atoms. The largest absolute Gasteiger partial charge is 0.487 e. The fraction of sp³-hybridized carbons (Fsp3) is 0.120. The lowest BCUT2D eigenvalue weighted by molar-refractivity contribution is -0.116. The summed E-state index contributed by atoms with van der Waals surface area (Å²) in [5, 5.41) is 10.2. The first-order valence-electron chi connectivity index (χ1n) is 10.1. The number of aromatic nitrogens is 1. The molecular formula is C25H21N3O4S. The van der Waals surface area contributed by atoms with Crippen molar-refractivity contribution in [3.05, 3.63) is 90.1 Å². The molecule has 166 valence electrons. The number of nitrogens with zero attached hydrogens (tertiary/aromatic N) is 3. The van der Waals surface area contributed by atoms with Crippen LogP contribution in [0.25, 0.3) is 10.9 Å². The van der Waals surface area contributed by atoms with Crippen molar-refractivity contribution in [2.75, 3.05) is 11.9 Å². The lowest BCUT2D eigenvalue weighted by Crippen LogP contribution is -2.22. The van der Waals surface area contributed by atoms with Gasteiger partial charge in [0.2, 0.25) is 5.91 Å². The van der Waals surface area contributed by atoms with E-state index in [2.05, 4.69) is 0 Å². The third kappa shape index (κ3) is 4.19. The Balaban J connectivity index is 1.72. The normalized spacial score (nSPS) is 11.2. The Kier molecular flexibility index (Phi) is 5.90. The van der Waals surface area contributed by atoms with Gasteiger partial charge < -0.3 is 9.64 Å². The molecule has 0 fully saturated rings. The SMILES string of the molecule is CC(=O)N(C)c1ccc(OCc2cc3ccccc3n2S(=O)(=O)c2ccccc2C#N)cc1. The summed E-state index contributed by atoms with van der Waals surface area (Å²) in [6.45, 7) is 1.47. The third-order valence-corrected chi connectivity index (χ3v) is 7.17. The van der Waals surface area contributed by atoms with Gasteiger partial charge in [0.15, 0.2) is 0 Å².